The smallest absolute Gasteiger partial charge is 0.140 e. The van der Waals surface area contributed by atoms with Gasteiger partial charge in [0.15, 0.2) is 0 Å². The molecule has 0 N–H and O–H groups in total. The second kappa shape index (κ2) is 3.19. The monoisotopic (exact) mass is 200 g/mol. The van der Waals surface area contributed by atoms with E-state index in [1.54, 1.807) is 0 Å². The van der Waals surface area contributed by atoms with Crippen LogP contribution in [-0.2, 0) is 4.79 Å². The van der Waals surface area contributed by atoms with Crippen LogP contribution in [0.1, 0.15) is 43.6 Å². The van der Waals surface area contributed by atoms with E-state index in [0.29, 0.717) is 11.7 Å². The van der Waals surface area contributed by atoms with Crippen molar-refractivity contribution in [3.63, 3.8) is 0 Å². The Balaban J connectivity index is 1.93. The Hall–Kier alpha value is -1.11. The predicted octanol–water partition coefficient (Wildman–Crippen LogP) is 3.30. The van der Waals surface area contributed by atoms with Crippen LogP contribution < -0.4 is 0 Å². The molecule has 0 heterocycles. The zero-order valence-electron chi connectivity index (χ0n) is 8.91. The molecule has 0 aromatic heterocycles. The summed E-state index contributed by atoms with van der Waals surface area (Å²) in [7, 11) is 0. The Bertz CT molecular complexity index is 374. The van der Waals surface area contributed by atoms with Crippen molar-refractivity contribution in [3.8, 4) is 0 Å². The van der Waals surface area contributed by atoms with E-state index < -0.39 is 0 Å². The molecular weight excluding hydrogens is 184 g/mol. The molecule has 2 aliphatic rings. The van der Waals surface area contributed by atoms with E-state index in [1.165, 1.54) is 18.4 Å². The van der Waals surface area contributed by atoms with Gasteiger partial charge in [-0.2, -0.15) is 0 Å². The number of Topliss-reactive ketones (excluding diaryl/α,β-unsaturated/α-hetero) is 1. The molecule has 1 aromatic rings. The first-order valence-electron chi connectivity index (χ1n) is 5.91. The van der Waals surface area contributed by atoms with E-state index in [-0.39, 0.29) is 5.41 Å². The van der Waals surface area contributed by atoms with Gasteiger partial charge in [0.25, 0.3) is 0 Å². The minimum Gasteiger partial charge on any atom is -0.299 e. The Morgan fingerprint density at radius 3 is 2.33 bits per heavy atom. The number of carbonyl (C=O) groups excluding carboxylic acids is 1. The topological polar surface area (TPSA) is 17.1 Å². The lowest BCUT2D eigenvalue weighted by Crippen LogP contribution is -2.46. The molecule has 0 saturated heterocycles. The number of benzene rings is 1. The normalized spacial score (nSPS) is 28.0. The zero-order chi connectivity index (χ0) is 10.3. The third-order valence-electron chi connectivity index (χ3n) is 4.31. The number of hydrogen-bond donors (Lipinski definition) is 0. The van der Waals surface area contributed by atoms with Crippen LogP contribution in [0.25, 0.3) is 0 Å². The molecule has 0 radical (unpaired) electrons. The number of hydrogen-bond acceptors (Lipinski definition) is 1. The molecule has 1 nitrogen and oxygen atoms in total. The molecule has 0 bridgehead atoms. The second-order valence-corrected chi connectivity index (χ2v) is 4.95. The Kier molecular flexibility index (Phi) is 1.95. The van der Waals surface area contributed by atoms with Crippen molar-refractivity contribution in [2.75, 3.05) is 0 Å². The van der Waals surface area contributed by atoms with Crippen LogP contribution >= 0.6 is 0 Å². The number of rotatable bonds is 1. The van der Waals surface area contributed by atoms with E-state index in [4.69, 9.17) is 0 Å². The van der Waals surface area contributed by atoms with E-state index >= 15 is 0 Å². The molecule has 0 amide bonds. The van der Waals surface area contributed by atoms with Crippen molar-refractivity contribution in [1.29, 1.82) is 0 Å². The summed E-state index contributed by atoms with van der Waals surface area (Å²) in [6.07, 6.45) is 5.53. The fourth-order valence-electron chi connectivity index (χ4n) is 3.40. The quantitative estimate of drug-likeness (QED) is 0.679. The third kappa shape index (κ3) is 1.19. The highest BCUT2D eigenvalue weighted by Crippen LogP contribution is 2.59. The molecule has 1 heteroatoms. The predicted molar refractivity (Wildman–Crippen MR) is 59.7 cm³/mol. The summed E-state index contributed by atoms with van der Waals surface area (Å²) in [5, 5.41) is 0. The molecule has 1 spiro atoms. The van der Waals surface area contributed by atoms with Gasteiger partial charge in [0.05, 0.1) is 0 Å². The van der Waals surface area contributed by atoms with Gasteiger partial charge in [0.2, 0.25) is 0 Å². The van der Waals surface area contributed by atoms with Crippen molar-refractivity contribution in [1.82, 2.24) is 0 Å². The molecular formula is C14H16O. The van der Waals surface area contributed by atoms with Crippen molar-refractivity contribution in [2.45, 2.75) is 38.0 Å². The number of carbonyl (C=O) groups is 1. The summed E-state index contributed by atoms with van der Waals surface area (Å²) < 4.78 is 0. The summed E-state index contributed by atoms with van der Waals surface area (Å²) >= 11 is 0. The van der Waals surface area contributed by atoms with Gasteiger partial charge >= 0.3 is 0 Å². The highest BCUT2D eigenvalue weighted by molar-refractivity contribution is 5.93. The highest BCUT2D eigenvalue weighted by atomic mass is 16.1. The second-order valence-electron chi connectivity index (χ2n) is 4.95. The van der Waals surface area contributed by atoms with Gasteiger partial charge in [0.1, 0.15) is 5.78 Å². The maximum atomic E-state index is 11.8. The largest absolute Gasteiger partial charge is 0.299 e. The average molecular weight is 200 g/mol. The molecule has 78 valence electrons. The lowest BCUT2D eigenvalue weighted by Gasteiger charge is -2.45. The standard InChI is InChI=1S/C14H16O/c15-13-10-12(11-6-2-1-3-7-11)14(13)8-4-5-9-14/h1-3,6-7,12H,4-5,8-10H2. The zero-order valence-corrected chi connectivity index (χ0v) is 8.91. The first-order valence-corrected chi connectivity index (χ1v) is 5.91. The van der Waals surface area contributed by atoms with Crippen molar-refractivity contribution >= 4 is 5.78 Å². The van der Waals surface area contributed by atoms with Gasteiger partial charge in [-0.25, -0.2) is 0 Å². The van der Waals surface area contributed by atoms with E-state index in [0.717, 1.165) is 19.3 Å². The van der Waals surface area contributed by atoms with E-state index in [9.17, 15) is 4.79 Å². The van der Waals surface area contributed by atoms with Crippen molar-refractivity contribution in [3.05, 3.63) is 35.9 Å². The molecule has 2 fully saturated rings. The molecule has 0 aliphatic heterocycles. The summed E-state index contributed by atoms with van der Waals surface area (Å²) in [6.45, 7) is 0. The van der Waals surface area contributed by atoms with E-state index in [1.807, 2.05) is 6.07 Å². The van der Waals surface area contributed by atoms with Gasteiger partial charge in [-0.15, -0.1) is 0 Å². The average Bonchev–Trinajstić information content (AvgIpc) is 2.79. The summed E-state index contributed by atoms with van der Waals surface area (Å²) in [5.74, 6) is 1.04. The maximum Gasteiger partial charge on any atom is 0.140 e. The Morgan fingerprint density at radius 1 is 1.07 bits per heavy atom. The number of ketones is 1. The molecule has 3 rings (SSSR count). The first kappa shape index (κ1) is 9.14. The van der Waals surface area contributed by atoms with Crippen molar-refractivity contribution in [2.24, 2.45) is 5.41 Å². The molecule has 1 unspecified atom stereocenters. The molecule has 1 aromatic carbocycles. The minimum absolute atomic E-state index is 0.0569. The minimum atomic E-state index is 0.0569. The summed E-state index contributed by atoms with van der Waals surface area (Å²) in [5.41, 5.74) is 1.43. The molecule has 1 atom stereocenters. The van der Waals surface area contributed by atoms with Crippen LogP contribution in [0.4, 0.5) is 0 Å². The fourth-order valence-corrected chi connectivity index (χ4v) is 3.40. The van der Waals surface area contributed by atoms with Crippen LogP contribution in [0.2, 0.25) is 0 Å². The highest BCUT2D eigenvalue weighted by Gasteiger charge is 2.55. The molecule has 15 heavy (non-hydrogen) atoms. The maximum absolute atomic E-state index is 11.8. The van der Waals surface area contributed by atoms with Crippen LogP contribution in [0.5, 0.6) is 0 Å². The van der Waals surface area contributed by atoms with E-state index in [2.05, 4.69) is 24.3 Å². The molecule has 2 saturated carbocycles. The van der Waals surface area contributed by atoms with Gasteiger partial charge in [-0.05, 0) is 18.4 Å². The summed E-state index contributed by atoms with van der Waals surface area (Å²) in [4.78, 5) is 11.8. The Morgan fingerprint density at radius 2 is 1.73 bits per heavy atom. The van der Waals surface area contributed by atoms with Crippen LogP contribution in [0, 0.1) is 5.41 Å². The van der Waals surface area contributed by atoms with Gasteiger partial charge in [-0.3, -0.25) is 4.79 Å². The lowest BCUT2D eigenvalue weighted by molar-refractivity contribution is -0.140. The van der Waals surface area contributed by atoms with Crippen LogP contribution in [-0.4, -0.2) is 5.78 Å². The van der Waals surface area contributed by atoms with Crippen molar-refractivity contribution < 1.29 is 4.79 Å². The summed E-state index contributed by atoms with van der Waals surface area (Å²) in [6, 6.07) is 10.6. The SMILES string of the molecule is O=C1CC(c2ccccc2)C12CCCC2. The van der Waals surface area contributed by atoms with Gasteiger partial charge in [-0.1, -0.05) is 43.2 Å². The Labute approximate surface area is 90.5 Å². The fraction of sp³-hybridized carbons (Fsp3) is 0.500. The van der Waals surface area contributed by atoms with Crippen LogP contribution in [0.3, 0.4) is 0 Å². The third-order valence-corrected chi connectivity index (χ3v) is 4.31. The molecule has 2 aliphatic carbocycles. The first-order chi connectivity index (χ1) is 7.33. The van der Waals surface area contributed by atoms with Gasteiger partial charge in [0, 0.05) is 17.8 Å². The van der Waals surface area contributed by atoms with Gasteiger partial charge < -0.3 is 0 Å². The van der Waals surface area contributed by atoms with Crippen LogP contribution in [0.15, 0.2) is 30.3 Å². The lowest BCUT2D eigenvalue weighted by atomic mass is 9.56.